The number of carbonyl (C=O) groups excluding carboxylic acids is 2. The molecule has 0 heterocycles. The van der Waals surface area contributed by atoms with E-state index in [-0.39, 0.29) is 35.9 Å². The summed E-state index contributed by atoms with van der Waals surface area (Å²) < 4.78 is 42.5. The van der Waals surface area contributed by atoms with Gasteiger partial charge in [-0.2, -0.15) is 8.42 Å². The van der Waals surface area contributed by atoms with Gasteiger partial charge in [0, 0.05) is 6.42 Å². The van der Waals surface area contributed by atoms with Crippen molar-refractivity contribution >= 4 is 22.1 Å². The first-order valence-electron chi connectivity index (χ1n) is 8.22. The Bertz CT molecular complexity index is 695. The van der Waals surface area contributed by atoms with Crippen molar-refractivity contribution in [1.82, 2.24) is 0 Å². The Kier molecular flexibility index (Phi) is 8.57. The van der Waals surface area contributed by atoms with Crippen LogP contribution in [0.2, 0.25) is 0 Å². The second kappa shape index (κ2) is 10.1. The average molecular weight is 372 g/mol. The Labute approximate surface area is 148 Å². The van der Waals surface area contributed by atoms with Crippen molar-refractivity contribution < 1.29 is 32.0 Å². The molecular formula is C17H24O7S. The standard InChI is InChI=1S/C17H24O7S/c1-3-10-23-16(18)7-5-6-13-8-9-14(17(19)24-11-4-2)12-15(13)25(20,21)22/h8-9,12H,3-7,10-11H2,1-2H3,(H,20,21,22). The van der Waals surface area contributed by atoms with Crippen molar-refractivity contribution in [1.29, 1.82) is 0 Å². The maximum absolute atomic E-state index is 11.8. The highest BCUT2D eigenvalue weighted by Crippen LogP contribution is 2.20. The first kappa shape index (κ1) is 21.1. The van der Waals surface area contributed by atoms with E-state index in [2.05, 4.69) is 0 Å². The molecule has 0 aliphatic rings. The molecule has 0 aromatic heterocycles. The zero-order valence-electron chi connectivity index (χ0n) is 14.5. The second-order valence-corrected chi connectivity index (χ2v) is 6.90. The summed E-state index contributed by atoms with van der Waals surface area (Å²) in [6, 6.07) is 3.98. The lowest BCUT2D eigenvalue weighted by Gasteiger charge is -2.10. The number of ether oxygens (including phenoxy) is 2. The molecule has 8 heteroatoms. The molecule has 0 aliphatic heterocycles. The summed E-state index contributed by atoms with van der Waals surface area (Å²) in [5, 5.41) is 0. The second-order valence-electron chi connectivity index (χ2n) is 5.51. The predicted molar refractivity (Wildman–Crippen MR) is 91.0 cm³/mol. The molecule has 1 aromatic carbocycles. The fourth-order valence-corrected chi connectivity index (χ4v) is 2.89. The van der Waals surface area contributed by atoms with E-state index in [0.717, 1.165) is 12.5 Å². The Morgan fingerprint density at radius 1 is 1.08 bits per heavy atom. The molecule has 1 aromatic rings. The zero-order valence-corrected chi connectivity index (χ0v) is 15.3. The van der Waals surface area contributed by atoms with Gasteiger partial charge in [0.15, 0.2) is 0 Å². The van der Waals surface area contributed by atoms with Gasteiger partial charge in [-0.25, -0.2) is 4.79 Å². The van der Waals surface area contributed by atoms with Crippen LogP contribution < -0.4 is 0 Å². The molecule has 0 radical (unpaired) electrons. The summed E-state index contributed by atoms with van der Waals surface area (Å²) in [6.07, 6.45) is 2.13. The zero-order chi connectivity index (χ0) is 18.9. The maximum Gasteiger partial charge on any atom is 0.338 e. The van der Waals surface area contributed by atoms with Gasteiger partial charge in [-0.15, -0.1) is 0 Å². The molecule has 25 heavy (non-hydrogen) atoms. The minimum absolute atomic E-state index is 0.0483. The van der Waals surface area contributed by atoms with Crippen molar-refractivity contribution in [3.8, 4) is 0 Å². The van der Waals surface area contributed by atoms with E-state index in [1.165, 1.54) is 12.1 Å². The molecule has 1 rings (SSSR count). The van der Waals surface area contributed by atoms with Crippen LogP contribution in [0.15, 0.2) is 23.1 Å². The first-order valence-corrected chi connectivity index (χ1v) is 9.66. The van der Waals surface area contributed by atoms with Gasteiger partial charge in [-0.05, 0) is 43.4 Å². The fourth-order valence-electron chi connectivity index (χ4n) is 2.12. The Morgan fingerprint density at radius 3 is 2.32 bits per heavy atom. The molecule has 1 N–H and O–H groups in total. The van der Waals surface area contributed by atoms with E-state index in [9.17, 15) is 22.6 Å². The molecule has 0 aliphatic carbocycles. The third-order valence-electron chi connectivity index (χ3n) is 3.31. The predicted octanol–water partition coefficient (Wildman–Crippen LogP) is 2.78. The van der Waals surface area contributed by atoms with E-state index in [4.69, 9.17) is 9.47 Å². The molecule has 0 saturated carbocycles. The Balaban J connectivity index is 2.85. The minimum atomic E-state index is -4.50. The highest BCUT2D eigenvalue weighted by molar-refractivity contribution is 7.85. The lowest BCUT2D eigenvalue weighted by atomic mass is 10.1. The molecule has 7 nitrogen and oxygen atoms in total. The van der Waals surface area contributed by atoms with Gasteiger partial charge in [-0.1, -0.05) is 19.9 Å². The molecule has 0 atom stereocenters. The molecule has 0 spiro atoms. The van der Waals surface area contributed by atoms with Gasteiger partial charge >= 0.3 is 11.9 Å². The monoisotopic (exact) mass is 372 g/mol. The summed E-state index contributed by atoms with van der Waals surface area (Å²) >= 11 is 0. The van der Waals surface area contributed by atoms with Crippen LogP contribution in [0, 0.1) is 0 Å². The number of esters is 2. The van der Waals surface area contributed by atoms with Crippen LogP contribution in [0.5, 0.6) is 0 Å². The number of hydrogen-bond acceptors (Lipinski definition) is 6. The number of benzene rings is 1. The van der Waals surface area contributed by atoms with Gasteiger partial charge in [0.1, 0.15) is 0 Å². The molecule has 0 unspecified atom stereocenters. The SMILES string of the molecule is CCCOC(=O)CCCc1ccc(C(=O)OCCC)cc1S(=O)(=O)O. The quantitative estimate of drug-likeness (QED) is 0.497. The van der Waals surface area contributed by atoms with E-state index in [1.807, 2.05) is 13.8 Å². The average Bonchev–Trinajstić information content (AvgIpc) is 2.57. The van der Waals surface area contributed by atoms with Crippen LogP contribution >= 0.6 is 0 Å². The lowest BCUT2D eigenvalue weighted by molar-refractivity contribution is -0.143. The van der Waals surface area contributed by atoms with Crippen LogP contribution in [-0.4, -0.2) is 38.1 Å². The lowest BCUT2D eigenvalue weighted by Crippen LogP contribution is -2.10. The van der Waals surface area contributed by atoms with Crippen LogP contribution in [-0.2, 0) is 30.8 Å². The Hall–Kier alpha value is -1.93. The third-order valence-corrected chi connectivity index (χ3v) is 4.25. The summed E-state index contributed by atoms with van der Waals surface area (Å²) in [7, 11) is -4.50. The number of aryl methyl sites for hydroxylation is 1. The fraction of sp³-hybridized carbons (Fsp3) is 0.529. The van der Waals surface area contributed by atoms with Crippen LogP contribution in [0.25, 0.3) is 0 Å². The van der Waals surface area contributed by atoms with E-state index in [1.54, 1.807) is 0 Å². The first-order chi connectivity index (χ1) is 11.8. The Morgan fingerprint density at radius 2 is 1.72 bits per heavy atom. The molecule has 0 bridgehead atoms. The van der Waals surface area contributed by atoms with Gasteiger partial charge in [0.05, 0.1) is 23.7 Å². The van der Waals surface area contributed by atoms with Gasteiger partial charge in [-0.3, -0.25) is 9.35 Å². The minimum Gasteiger partial charge on any atom is -0.466 e. The molecule has 0 fully saturated rings. The van der Waals surface area contributed by atoms with Crippen LogP contribution in [0.4, 0.5) is 0 Å². The summed E-state index contributed by atoms with van der Waals surface area (Å²) in [6.45, 7) is 4.30. The van der Waals surface area contributed by atoms with Gasteiger partial charge in [0.2, 0.25) is 0 Å². The van der Waals surface area contributed by atoms with E-state index >= 15 is 0 Å². The van der Waals surface area contributed by atoms with Crippen molar-refractivity contribution in [3.63, 3.8) is 0 Å². The summed E-state index contributed by atoms with van der Waals surface area (Å²) in [5.41, 5.74) is 0.380. The van der Waals surface area contributed by atoms with Gasteiger partial charge in [0.25, 0.3) is 10.1 Å². The normalized spacial score (nSPS) is 11.2. The van der Waals surface area contributed by atoms with Crippen molar-refractivity contribution in [3.05, 3.63) is 29.3 Å². The maximum atomic E-state index is 11.8. The highest BCUT2D eigenvalue weighted by atomic mass is 32.2. The van der Waals surface area contributed by atoms with Crippen molar-refractivity contribution in [2.75, 3.05) is 13.2 Å². The number of hydrogen-bond donors (Lipinski definition) is 1. The topological polar surface area (TPSA) is 107 Å². The van der Waals surface area contributed by atoms with Crippen molar-refractivity contribution in [2.45, 2.75) is 50.8 Å². The molecule has 0 amide bonds. The molecular weight excluding hydrogens is 348 g/mol. The smallest absolute Gasteiger partial charge is 0.338 e. The van der Waals surface area contributed by atoms with Gasteiger partial charge < -0.3 is 9.47 Å². The number of rotatable bonds is 10. The van der Waals surface area contributed by atoms with Crippen molar-refractivity contribution in [2.24, 2.45) is 0 Å². The summed E-state index contributed by atoms with van der Waals surface area (Å²) in [4.78, 5) is 23.0. The molecule has 0 saturated heterocycles. The highest BCUT2D eigenvalue weighted by Gasteiger charge is 2.19. The van der Waals surface area contributed by atoms with Crippen LogP contribution in [0.1, 0.15) is 55.5 Å². The van der Waals surface area contributed by atoms with Crippen LogP contribution in [0.3, 0.4) is 0 Å². The van der Waals surface area contributed by atoms with E-state index < -0.39 is 16.1 Å². The number of carbonyl (C=O) groups is 2. The third kappa shape index (κ3) is 7.23. The molecule has 140 valence electrons. The largest absolute Gasteiger partial charge is 0.466 e. The summed E-state index contributed by atoms with van der Waals surface area (Å²) in [5.74, 6) is -1.00. The van der Waals surface area contributed by atoms with E-state index in [0.29, 0.717) is 25.0 Å².